The molecule has 3 aromatic rings. The third kappa shape index (κ3) is 2.46. The van der Waals surface area contributed by atoms with Crippen LogP contribution in [0.5, 0.6) is 0 Å². The van der Waals surface area contributed by atoms with E-state index in [1.165, 1.54) is 6.26 Å². The Hall–Kier alpha value is -2.33. The predicted molar refractivity (Wildman–Crippen MR) is 85.5 cm³/mol. The van der Waals surface area contributed by atoms with Gasteiger partial charge in [0, 0.05) is 11.1 Å². The Morgan fingerprint density at radius 3 is 2.14 bits per heavy atom. The molecule has 4 heteroatoms. The molecular formula is C18H16O3S. The summed E-state index contributed by atoms with van der Waals surface area (Å²) in [5, 5.41) is 0. The summed E-state index contributed by atoms with van der Waals surface area (Å²) in [6.45, 7) is 3.67. The van der Waals surface area contributed by atoms with E-state index in [2.05, 4.69) is 0 Å². The second-order valence-electron chi connectivity index (χ2n) is 5.26. The molecule has 22 heavy (non-hydrogen) atoms. The number of benzene rings is 2. The molecule has 0 fully saturated rings. The van der Waals surface area contributed by atoms with Gasteiger partial charge in [0.2, 0.25) is 9.84 Å². The lowest BCUT2D eigenvalue weighted by molar-refractivity contribution is 0.570. The fourth-order valence-electron chi connectivity index (χ4n) is 2.39. The van der Waals surface area contributed by atoms with Crippen LogP contribution in [0.1, 0.15) is 11.1 Å². The second-order valence-corrected chi connectivity index (χ2v) is 7.15. The predicted octanol–water partition coefficient (Wildman–Crippen LogP) is 4.40. The van der Waals surface area contributed by atoms with Gasteiger partial charge in [-0.1, -0.05) is 48.0 Å². The van der Waals surface area contributed by atoms with E-state index in [0.717, 1.165) is 11.1 Å². The number of sulfone groups is 1. The minimum Gasteiger partial charge on any atom is -0.463 e. The van der Waals surface area contributed by atoms with Gasteiger partial charge in [-0.15, -0.1) is 0 Å². The van der Waals surface area contributed by atoms with Crippen molar-refractivity contribution in [3.63, 3.8) is 0 Å². The summed E-state index contributed by atoms with van der Waals surface area (Å²) < 4.78 is 31.5. The van der Waals surface area contributed by atoms with E-state index in [1.807, 2.05) is 37.3 Å². The van der Waals surface area contributed by atoms with Crippen molar-refractivity contribution in [2.75, 3.05) is 0 Å². The number of hydrogen-bond acceptors (Lipinski definition) is 3. The van der Waals surface area contributed by atoms with E-state index in [4.69, 9.17) is 4.42 Å². The van der Waals surface area contributed by atoms with Gasteiger partial charge in [0.1, 0.15) is 4.90 Å². The highest BCUT2D eigenvalue weighted by Gasteiger charge is 2.27. The Kier molecular flexibility index (Phi) is 3.62. The first-order valence-corrected chi connectivity index (χ1v) is 8.44. The van der Waals surface area contributed by atoms with Crippen molar-refractivity contribution < 1.29 is 12.8 Å². The monoisotopic (exact) mass is 312 g/mol. The zero-order valence-corrected chi connectivity index (χ0v) is 13.2. The average Bonchev–Trinajstić information content (AvgIpc) is 2.91. The molecule has 0 saturated heterocycles. The third-order valence-electron chi connectivity index (χ3n) is 3.55. The zero-order valence-electron chi connectivity index (χ0n) is 12.4. The molecule has 112 valence electrons. The Morgan fingerprint density at radius 2 is 1.50 bits per heavy atom. The number of hydrogen-bond donors (Lipinski definition) is 0. The molecular weight excluding hydrogens is 296 g/mol. The molecule has 2 aromatic carbocycles. The first-order chi connectivity index (χ1) is 10.5. The molecule has 3 nitrogen and oxygen atoms in total. The van der Waals surface area contributed by atoms with Crippen LogP contribution in [0.2, 0.25) is 0 Å². The van der Waals surface area contributed by atoms with Crippen molar-refractivity contribution in [1.29, 1.82) is 0 Å². The molecule has 0 atom stereocenters. The molecule has 0 N–H and O–H groups in total. The summed E-state index contributed by atoms with van der Waals surface area (Å²) in [4.78, 5) is 0.516. The SMILES string of the molecule is Cc1ccc(S(=O)(=O)c2c(C)coc2-c2ccccc2)cc1. The van der Waals surface area contributed by atoms with Crippen LogP contribution in [0.3, 0.4) is 0 Å². The fraction of sp³-hybridized carbons (Fsp3) is 0.111. The highest BCUT2D eigenvalue weighted by atomic mass is 32.2. The average molecular weight is 312 g/mol. The summed E-state index contributed by atoms with van der Waals surface area (Å²) in [6, 6.07) is 16.1. The van der Waals surface area contributed by atoms with Crippen LogP contribution in [0.15, 0.2) is 75.1 Å². The highest BCUT2D eigenvalue weighted by Crippen LogP contribution is 2.35. The molecule has 0 unspecified atom stereocenters. The van der Waals surface area contributed by atoms with Gasteiger partial charge in [-0.05, 0) is 26.0 Å². The third-order valence-corrected chi connectivity index (χ3v) is 5.49. The molecule has 0 saturated carbocycles. The van der Waals surface area contributed by atoms with Gasteiger partial charge >= 0.3 is 0 Å². The van der Waals surface area contributed by atoms with Gasteiger partial charge < -0.3 is 4.42 Å². The summed E-state index contributed by atoms with van der Waals surface area (Å²) in [6.07, 6.45) is 1.49. The van der Waals surface area contributed by atoms with E-state index >= 15 is 0 Å². The maximum Gasteiger partial charge on any atom is 0.210 e. The minimum absolute atomic E-state index is 0.238. The fourth-order valence-corrected chi connectivity index (χ4v) is 4.00. The van der Waals surface area contributed by atoms with Crippen LogP contribution >= 0.6 is 0 Å². The van der Waals surface area contributed by atoms with Gasteiger partial charge in [-0.3, -0.25) is 0 Å². The standard InChI is InChI=1S/C18H16O3S/c1-13-8-10-16(11-9-13)22(19,20)18-14(2)12-21-17(18)15-6-4-3-5-7-15/h3-12H,1-2H3. The van der Waals surface area contributed by atoms with Gasteiger partial charge in [0.25, 0.3) is 0 Å². The smallest absolute Gasteiger partial charge is 0.210 e. The maximum absolute atomic E-state index is 13.0. The number of rotatable bonds is 3. The van der Waals surface area contributed by atoms with Crippen molar-refractivity contribution in [3.05, 3.63) is 72.0 Å². The first kappa shape index (κ1) is 14.6. The van der Waals surface area contributed by atoms with Crippen molar-refractivity contribution in [3.8, 4) is 11.3 Å². The van der Waals surface area contributed by atoms with Crippen molar-refractivity contribution in [1.82, 2.24) is 0 Å². The van der Waals surface area contributed by atoms with Crippen molar-refractivity contribution in [2.45, 2.75) is 23.6 Å². The Morgan fingerprint density at radius 1 is 0.864 bits per heavy atom. The van der Waals surface area contributed by atoms with E-state index in [0.29, 0.717) is 11.3 Å². The molecule has 0 spiro atoms. The zero-order chi connectivity index (χ0) is 15.7. The first-order valence-electron chi connectivity index (χ1n) is 6.95. The van der Waals surface area contributed by atoms with E-state index < -0.39 is 9.84 Å². The van der Waals surface area contributed by atoms with Gasteiger partial charge in [0.15, 0.2) is 5.76 Å². The van der Waals surface area contributed by atoms with Crippen LogP contribution in [0.4, 0.5) is 0 Å². The molecule has 0 aliphatic heterocycles. The summed E-state index contributed by atoms with van der Waals surface area (Å²) in [5.41, 5.74) is 2.38. The summed E-state index contributed by atoms with van der Waals surface area (Å²) >= 11 is 0. The molecule has 0 bridgehead atoms. The molecule has 3 rings (SSSR count). The highest BCUT2D eigenvalue weighted by molar-refractivity contribution is 7.91. The molecule has 0 aliphatic rings. The Bertz CT molecular complexity index is 889. The van der Waals surface area contributed by atoms with E-state index in [1.54, 1.807) is 31.2 Å². The van der Waals surface area contributed by atoms with Crippen LogP contribution in [0.25, 0.3) is 11.3 Å². The summed E-state index contributed by atoms with van der Waals surface area (Å²) in [5.74, 6) is 0.388. The van der Waals surface area contributed by atoms with Gasteiger partial charge in [-0.2, -0.15) is 0 Å². The Balaban J connectivity index is 2.20. The lowest BCUT2D eigenvalue weighted by Gasteiger charge is -2.07. The maximum atomic E-state index is 13.0. The topological polar surface area (TPSA) is 47.3 Å². The van der Waals surface area contributed by atoms with E-state index in [9.17, 15) is 8.42 Å². The molecule has 1 aromatic heterocycles. The van der Waals surface area contributed by atoms with Crippen LogP contribution < -0.4 is 0 Å². The lowest BCUT2D eigenvalue weighted by Crippen LogP contribution is -2.04. The van der Waals surface area contributed by atoms with Gasteiger partial charge in [-0.25, -0.2) is 8.42 Å². The summed E-state index contributed by atoms with van der Waals surface area (Å²) in [7, 11) is -3.62. The number of aryl methyl sites for hydroxylation is 2. The molecule has 0 radical (unpaired) electrons. The van der Waals surface area contributed by atoms with Crippen LogP contribution in [-0.2, 0) is 9.84 Å². The molecule has 0 aliphatic carbocycles. The van der Waals surface area contributed by atoms with Gasteiger partial charge in [0.05, 0.1) is 11.2 Å². The van der Waals surface area contributed by atoms with Crippen molar-refractivity contribution in [2.24, 2.45) is 0 Å². The Labute approximate surface area is 130 Å². The minimum atomic E-state index is -3.62. The number of furan rings is 1. The lowest BCUT2D eigenvalue weighted by atomic mass is 10.1. The molecule has 1 heterocycles. The molecule has 0 amide bonds. The normalized spacial score (nSPS) is 11.5. The second kappa shape index (κ2) is 5.46. The van der Waals surface area contributed by atoms with Crippen molar-refractivity contribution >= 4 is 9.84 Å². The largest absolute Gasteiger partial charge is 0.463 e. The van der Waals surface area contributed by atoms with E-state index in [-0.39, 0.29) is 9.79 Å². The quantitative estimate of drug-likeness (QED) is 0.720. The van der Waals surface area contributed by atoms with Crippen LogP contribution in [0, 0.1) is 13.8 Å². The van der Waals surface area contributed by atoms with Crippen LogP contribution in [-0.4, -0.2) is 8.42 Å².